The molecule has 3 rings (SSSR count). The molecule has 2 aliphatic heterocycles. The van der Waals surface area contributed by atoms with Crippen LogP contribution in [0.25, 0.3) is 5.76 Å². The lowest BCUT2D eigenvalue weighted by Gasteiger charge is -2.15. The lowest BCUT2D eigenvalue weighted by Crippen LogP contribution is -2.30. The smallest absolute Gasteiger partial charge is 0.159 e. The van der Waals surface area contributed by atoms with E-state index in [1.165, 1.54) is 0 Å². The molecule has 0 saturated carbocycles. The molecule has 0 aliphatic carbocycles. The summed E-state index contributed by atoms with van der Waals surface area (Å²) >= 11 is 1.57. The first-order chi connectivity index (χ1) is 10.8. The van der Waals surface area contributed by atoms with Crippen LogP contribution in [0, 0.1) is 5.92 Å². The molecule has 2 unspecified atom stereocenters. The fraction of sp³-hybridized carbons (Fsp3) is 0.400. The first-order valence-corrected chi connectivity index (χ1v) is 7.81. The van der Waals surface area contributed by atoms with E-state index in [9.17, 15) is 0 Å². The highest BCUT2D eigenvalue weighted by Crippen LogP contribution is 2.41. The Morgan fingerprint density at radius 2 is 1.91 bits per heavy atom. The minimum Gasteiger partial charge on any atom is -0.496 e. The van der Waals surface area contributed by atoms with Gasteiger partial charge >= 0.3 is 0 Å². The van der Waals surface area contributed by atoms with Crippen LogP contribution in [-0.4, -0.2) is 39.3 Å². The van der Waals surface area contributed by atoms with E-state index in [4.69, 9.17) is 19.0 Å². The summed E-state index contributed by atoms with van der Waals surface area (Å²) in [6.45, 7) is 0. The molecule has 1 aromatic rings. The first kappa shape index (κ1) is 15.1. The SMILES string of the molecule is COc1cc(OC)c(C2=CC(C3C=NSC3)NO2)c(OC)c1. The van der Waals surface area contributed by atoms with Crippen molar-refractivity contribution >= 4 is 23.9 Å². The third kappa shape index (κ3) is 2.74. The fourth-order valence-corrected chi connectivity index (χ4v) is 3.24. The molecule has 0 radical (unpaired) electrons. The molecule has 1 aromatic carbocycles. The number of rotatable bonds is 5. The van der Waals surface area contributed by atoms with Gasteiger partial charge in [-0.2, -0.15) is 0 Å². The van der Waals surface area contributed by atoms with Crippen molar-refractivity contribution in [3.8, 4) is 17.2 Å². The molecule has 7 heteroatoms. The van der Waals surface area contributed by atoms with E-state index >= 15 is 0 Å². The van der Waals surface area contributed by atoms with Crippen LogP contribution in [0.3, 0.4) is 0 Å². The third-order valence-corrected chi connectivity index (χ3v) is 4.46. The highest BCUT2D eigenvalue weighted by atomic mass is 32.2. The summed E-state index contributed by atoms with van der Waals surface area (Å²) in [5.41, 5.74) is 3.81. The van der Waals surface area contributed by atoms with Crippen LogP contribution in [0.1, 0.15) is 5.56 Å². The number of hydroxylamine groups is 1. The average Bonchev–Trinajstić information content (AvgIpc) is 3.24. The predicted octanol–water partition coefficient (Wildman–Crippen LogP) is 2.31. The van der Waals surface area contributed by atoms with Gasteiger partial charge in [-0.1, -0.05) is 0 Å². The summed E-state index contributed by atoms with van der Waals surface area (Å²) in [4.78, 5) is 5.66. The molecule has 0 fully saturated rings. The molecule has 118 valence electrons. The van der Waals surface area contributed by atoms with Gasteiger partial charge in [-0.25, -0.2) is 4.40 Å². The predicted molar refractivity (Wildman–Crippen MR) is 86.5 cm³/mol. The summed E-state index contributed by atoms with van der Waals surface area (Å²) in [5, 5.41) is 0. The second kappa shape index (κ2) is 6.50. The van der Waals surface area contributed by atoms with Crippen LogP contribution in [0.4, 0.5) is 0 Å². The van der Waals surface area contributed by atoms with Crippen molar-refractivity contribution in [2.75, 3.05) is 27.1 Å². The van der Waals surface area contributed by atoms with Gasteiger partial charge in [0.1, 0.15) is 22.8 Å². The molecule has 2 heterocycles. The van der Waals surface area contributed by atoms with Crippen LogP contribution < -0.4 is 19.7 Å². The Hall–Kier alpha value is -1.86. The Morgan fingerprint density at radius 3 is 2.45 bits per heavy atom. The highest BCUT2D eigenvalue weighted by Gasteiger charge is 2.30. The zero-order valence-electron chi connectivity index (χ0n) is 12.7. The molecule has 6 nitrogen and oxygen atoms in total. The molecule has 1 N–H and O–H groups in total. The van der Waals surface area contributed by atoms with Crippen molar-refractivity contribution in [2.45, 2.75) is 6.04 Å². The lowest BCUT2D eigenvalue weighted by molar-refractivity contribution is 0.153. The van der Waals surface area contributed by atoms with Crippen molar-refractivity contribution in [1.29, 1.82) is 0 Å². The van der Waals surface area contributed by atoms with Crippen molar-refractivity contribution in [1.82, 2.24) is 5.48 Å². The number of benzene rings is 1. The zero-order valence-corrected chi connectivity index (χ0v) is 13.5. The summed E-state index contributed by atoms with van der Waals surface area (Å²) in [5.74, 6) is 3.89. The van der Waals surface area contributed by atoms with Crippen molar-refractivity contribution in [2.24, 2.45) is 10.3 Å². The number of nitrogens with one attached hydrogen (secondary N) is 1. The number of ether oxygens (including phenoxy) is 3. The number of hydrogen-bond donors (Lipinski definition) is 1. The Bertz CT molecular complexity index is 593. The molecule has 0 amide bonds. The van der Waals surface area contributed by atoms with E-state index < -0.39 is 0 Å². The van der Waals surface area contributed by atoms with Gasteiger partial charge in [0.2, 0.25) is 0 Å². The van der Waals surface area contributed by atoms with Gasteiger partial charge in [-0.15, -0.1) is 5.48 Å². The van der Waals surface area contributed by atoms with Crippen molar-refractivity contribution in [3.63, 3.8) is 0 Å². The van der Waals surface area contributed by atoms with E-state index in [1.807, 2.05) is 24.4 Å². The van der Waals surface area contributed by atoms with Gasteiger partial charge in [-0.05, 0) is 18.0 Å². The number of methoxy groups -OCH3 is 3. The Balaban J connectivity index is 1.96. The molecule has 2 aliphatic rings. The average molecular weight is 322 g/mol. The first-order valence-electron chi connectivity index (χ1n) is 6.87. The zero-order chi connectivity index (χ0) is 15.5. The topological polar surface area (TPSA) is 61.3 Å². The van der Waals surface area contributed by atoms with E-state index in [0.29, 0.717) is 28.9 Å². The highest BCUT2D eigenvalue weighted by molar-refractivity contribution is 7.98. The monoisotopic (exact) mass is 322 g/mol. The van der Waals surface area contributed by atoms with Gasteiger partial charge in [0.15, 0.2) is 5.76 Å². The fourth-order valence-electron chi connectivity index (χ4n) is 2.45. The molecule has 0 aromatic heterocycles. The molecule has 2 atom stereocenters. The van der Waals surface area contributed by atoms with Crippen LogP contribution in [0.5, 0.6) is 17.2 Å². The van der Waals surface area contributed by atoms with E-state index in [2.05, 4.69) is 9.88 Å². The maximum Gasteiger partial charge on any atom is 0.159 e. The normalized spacial score (nSPS) is 23.1. The van der Waals surface area contributed by atoms with Gasteiger partial charge < -0.3 is 19.0 Å². The van der Waals surface area contributed by atoms with Crippen LogP contribution in [-0.2, 0) is 4.84 Å². The molecule has 0 spiro atoms. The number of nitrogens with zero attached hydrogens (tertiary/aromatic N) is 1. The Morgan fingerprint density at radius 1 is 1.18 bits per heavy atom. The van der Waals surface area contributed by atoms with Gasteiger partial charge in [0.25, 0.3) is 0 Å². The largest absolute Gasteiger partial charge is 0.496 e. The minimum atomic E-state index is 0.0882. The van der Waals surface area contributed by atoms with Crippen LogP contribution in [0.2, 0.25) is 0 Å². The maximum atomic E-state index is 5.66. The summed E-state index contributed by atoms with van der Waals surface area (Å²) in [6, 6.07) is 3.70. The molecule has 0 bridgehead atoms. The van der Waals surface area contributed by atoms with Gasteiger partial charge in [0, 0.05) is 30.0 Å². The second-order valence-corrected chi connectivity index (χ2v) is 5.70. The van der Waals surface area contributed by atoms with Gasteiger partial charge in [-0.3, -0.25) is 0 Å². The summed E-state index contributed by atoms with van der Waals surface area (Å²) in [7, 11) is 4.82. The quantitative estimate of drug-likeness (QED) is 0.840. The van der Waals surface area contributed by atoms with E-state index in [0.717, 1.165) is 11.3 Å². The Kier molecular flexibility index (Phi) is 4.44. The second-order valence-electron chi connectivity index (χ2n) is 4.90. The maximum absolute atomic E-state index is 5.66. The number of hydrogen-bond acceptors (Lipinski definition) is 7. The molecule has 22 heavy (non-hydrogen) atoms. The molecular formula is C15H18N2O4S. The standard InChI is InChI=1S/C15H18N2O4S/c1-18-10-4-12(19-2)15(13(5-10)20-3)14-6-11(17-21-14)9-7-16-22-8-9/h4-7,9,11,17H,8H2,1-3H3. The summed E-state index contributed by atoms with van der Waals surface area (Å²) in [6.07, 6.45) is 3.99. The van der Waals surface area contributed by atoms with Crippen molar-refractivity contribution < 1.29 is 19.0 Å². The van der Waals surface area contributed by atoms with Crippen LogP contribution in [0.15, 0.2) is 22.6 Å². The lowest BCUT2D eigenvalue weighted by atomic mass is 10.0. The molecular weight excluding hydrogens is 304 g/mol. The minimum absolute atomic E-state index is 0.0882. The van der Waals surface area contributed by atoms with E-state index in [1.54, 1.807) is 33.3 Å². The Labute approximate surface area is 133 Å². The van der Waals surface area contributed by atoms with Crippen LogP contribution >= 0.6 is 11.9 Å². The van der Waals surface area contributed by atoms with Gasteiger partial charge in [0.05, 0.1) is 27.4 Å². The summed E-state index contributed by atoms with van der Waals surface area (Å²) < 4.78 is 20.4. The molecule has 0 saturated heterocycles. The van der Waals surface area contributed by atoms with Crippen molar-refractivity contribution in [3.05, 3.63) is 23.8 Å². The van der Waals surface area contributed by atoms with E-state index in [-0.39, 0.29) is 6.04 Å². The third-order valence-electron chi connectivity index (χ3n) is 3.65.